The van der Waals surface area contributed by atoms with E-state index in [1.165, 1.54) is 0 Å². The molecule has 3 rings (SSSR count). The predicted molar refractivity (Wildman–Crippen MR) is 92.8 cm³/mol. The Morgan fingerprint density at radius 3 is 2.61 bits per heavy atom. The molecule has 2 unspecified atom stereocenters. The van der Waals surface area contributed by atoms with Gasteiger partial charge in [0.1, 0.15) is 5.71 Å². The Labute approximate surface area is 149 Å². The number of aliphatic carboxylic acids is 1. The van der Waals surface area contributed by atoms with E-state index in [1.807, 2.05) is 18.2 Å². The minimum absolute atomic E-state index is 0.112. The van der Waals surface area contributed by atoms with Crippen molar-refractivity contribution in [2.24, 2.45) is 5.10 Å². The van der Waals surface area contributed by atoms with E-state index in [9.17, 15) is 9.90 Å². The highest BCUT2D eigenvalue weighted by molar-refractivity contribution is 6.36. The second-order valence-electron chi connectivity index (χ2n) is 5.68. The van der Waals surface area contributed by atoms with Crippen LogP contribution in [0, 0.1) is 0 Å². The summed E-state index contributed by atoms with van der Waals surface area (Å²) in [5, 5.41) is 17.4. The summed E-state index contributed by atoms with van der Waals surface area (Å²) < 4.78 is 0. The first-order valence-electron chi connectivity index (χ1n) is 7.32. The summed E-state index contributed by atoms with van der Waals surface area (Å²) in [6.45, 7) is 0. The van der Waals surface area contributed by atoms with Crippen LogP contribution in [0.2, 0.25) is 0 Å². The van der Waals surface area contributed by atoms with Gasteiger partial charge in [0.25, 0.3) is 0 Å². The summed E-state index contributed by atoms with van der Waals surface area (Å²) >= 11 is 18.3. The molecule has 1 aliphatic heterocycles. The molecule has 0 fully saturated rings. The standard InChI is InChI=1S/C16H15Cl3N2O2/c17-10-3-1-9(2-4-10)15-8-13(16(22)23)20-21(15)14-6-5-11(18)7-12(14)19/h1,3,5,7,14-15H,2,4,6,8H2,(H,22,23). The molecule has 23 heavy (non-hydrogen) atoms. The van der Waals surface area contributed by atoms with Gasteiger partial charge in [-0.3, -0.25) is 5.01 Å². The fourth-order valence-corrected chi connectivity index (χ4v) is 3.73. The molecule has 0 aromatic carbocycles. The van der Waals surface area contributed by atoms with Crippen LogP contribution in [-0.4, -0.2) is 33.9 Å². The zero-order chi connectivity index (χ0) is 16.6. The Morgan fingerprint density at radius 1 is 1.22 bits per heavy atom. The summed E-state index contributed by atoms with van der Waals surface area (Å²) in [7, 11) is 0. The molecule has 1 heterocycles. The molecule has 0 aromatic heterocycles. The second kappa shape index (κ2) is 6.71. The highest BCUT2D eigenvalue weighted by atomic mass is 35.5. The quantitative estimate of drug-likeness (QED) is 0.799. The average molecular weight is 374 g/mol. The third-order valence-corrected chi connectivity index (χ3v) is 5.14. The summed E-state index contributed by atoms with van der Waals surface area (Å²) in [6.07, 6.45) is 9.92. The van der Waals surface area contributed by atoms with Crippen molar-refractivity contribution in [3.8, 4) is 0 Å². The van der Waals surface area contributed by atoms with Crippen molar-refractivity contribution in [2.75, 3.05) is 0 Å². The maximum atomic E-state index is 11.4. The van der Waals surface area contributed by atoms with Crippen LogP contribution in [0.5, 0.6) is 0 Å². The predicted octanol–water partition coefficient (Wildman–Crippen LogP) is 4.36. The molecule has 0 radical (unpaired) electrons. The number of halogens is 3. The molecule has 3 aliphatic rings. The molecule has 1 N–H and O–H groups in total. The Morgan fingerprint density at radius 2 is 2.00 bits per heavy atom. The van der Waals surface area contributed by atoms with Gasteiger partial charge in [0.2, 0.25) is 0 Å². The van der Waals surface area contributed by atoms with Crippen molar-refractivity contribution >= 4 is 46.5 Å². The van der Waals surface area contributed by atoms with E-state index < -0.39 is 5.97 Å². The smallest absolute Gasteiger partial charge is 0.352 e. The molecule has 0 saturated carbocycles. The van der Waals surface area contributed by atoms with Crippen LogP contribution in [-0.2, 0) is 4.79 Å². The van der Waals surface area contributed by atoms with Crippen LogP contribution in [0.1, 0.15) is 25.7 Å². The van der Waals surface area contributed by atoms with Crippen molar-refractivity contribution in [1.29, 1.82) is 0 Å². The summed E-state index contributed by atoms with van der Waals surface area (Å²) in [6, 6.07) is -0.303. The van der Waals surface area contributed by atoms with Crippen molar-refractivity contribution in [3.05, 3.63) is 45.0 Å². The van der Waals surface area contributed by atoms with E-state index >= 15 is 0 Å². The molecule has 4 nitrogen and oxygen atoms in total. The summed E-state index contributed by atoms with van der Waals surface area (Å²) in [5.41, 5.74) is 1.28. The minimum Gasteiger partial charge on any atom is -0.477 e. The van der Waals surface area contributed by atoms with Crippen molar-refractivity contribution in [1.82, 2.24) is 5.01 Å². The van der Waals surface area contributed by atoms with Crippen molar-refractivity contribution in [3.63, 3.8) is 0 Å². The van der Waals surface area contributed by atoms with Crippen LogP contribution in [0.3, 0.4) is 0 Å². The first-order chi connectivity index (χ1) is 11.0. The number of nitrogens with zero attached hydrogens (tertiary/aromatic N) is 2. The number of hydrogen-bond donors (Lipinski definition) is 1. The van der Waals surface area contributed by atoms with Gasteiger partial charge < -0.3 is 5.11 Å². The van der Waals surface area contributed by atoms with E-state index in [-0.39, 0.29) is 17.8 Å². The lowest BCUT2D eigenvalue weighted by Crippen LogP contribution is -2.38. The largest absolute Gasteiger partial charge is 0.477 e. The SMILES string of the molecule is O=C(O)C1=NN(C2CC=C(Cl)C=C2Cl)C(C2=CC=C(Cl)CC2)C1. The van der Waals surface area contributed by atoms with Crippen LogP contribution < -0.4 is 0 Å². The number of hydrogen-bond acceptors (Lipinski definition) is 3. The van der Waals surface area contributed by atoms with E-state index in [0.717, 1.165) is 23.4 Å². The van der Waals surface area contributed by atoms with Gasteiger partial charge in [0.15, 0.2) is 0 Å². The van der Waals surface area contributed by atoms with E-state index in [4.69, 9.17) is 34.8 Å². The molecule has 7 heteroatoms. The van der Waals surface area contributed by atoms with Gasteiger partial charge in [0.05, 0.1) is 12.1 Å². The zero-order valence-corrected chi connectivity index (χ0v) is 14.4. The topological polar surface area (TPSA) is 52.9 Å². The third kappa shape index (κ3) is 3.49. The van der Waals surface area contributed by atoms with Gasteiger partial charge in [-0.1, -0.05) is 47.0 Å². The van der Waals surface area contributed by atoms with E-state index in [2.05, 4.69) is 5.10 Å². The Bertz CT molecular complexity index is 691. The van der Waals surface area contributed by atoms with E-state index in [0.29, 0.717) is 22.9 Å². The first-order valence-corrected chi connectivity index (χ1v) is 8.46. The van der Waals surface area contributed by atoms with Crippen LogP contribution in [0.15, 0.2) is 50.1 Å². The van der Waals surface area contributed by atoms with Crippen LogP contribution in [0.25, 0.3) is 0 Å². The van der Waals surface area contributed by atoms with Crippen LogP contribution in [0.4, 0.5) is 0 Å². The Hall–Kier alpha value is -1.23. The number of carbonyl (C=O) groups is 1. The summed E-state index contributed by atoms with van der Waals surface area (Å²) in [5.74, 6) is -0.994. The molecule has 0 spiro atoms. The van der Waals surface area contributed by atoms with Gasteiger partial charge >= 0.3 is 5.97 Å². The van der Waals surface area contributed by atoms with Crippen molar-refractivity contribution in [2.45, 2.75) is 37.8 Å². The molecular formula is C16H15Cl3N2O2. The lowest BCUT2D eigenvalue weighted by molar-refractivity contribution is -0.129. The third-order valence-electron chi connectivity index (χ3n) is 4.20. The Kier molecular flexibility index (Phi) is 4.85. The zero-order valence-electron chi connectivity index (χ0n) is 12.2. The highest BCUT2D eigenvalue weighted by Crippen LogP contribution is 2.36. The van der Waals surface area contributed by atoms with Gasteiger partial charge in [-0.25, -0.2) is 4.79 Å². The molecule has 2 aliphatic carbocycles. The molecule has 0 bridgehead atoms. The molecule has 2 atom stereocenters. The number of rotatable bonds is 3. The second-order valence-corrected chi connectivity index (χ2v) is 7.03. The summed E-state index contributed by atoms with van der Waals surface area (Å²) in [4.78, 5) is 11.4. The van der Waals surface area contributed by atoms with Crippen molar-refractivity contribution < 1.29 is 9.90 Å². The Balaban J connectivity index is 1.90. The monoisotopic (exact) mass is 372 g/mol. The van der Waals surface area contributed by atoms with Gasteiger partial charge in [-0.15, -0.1) is 0 Å². The molecule has 0 amide bonds. The van der Waals surface area contributed by atoms with E-state index in [1.54, 1.807) is 11.1 Å². The van der Waals surface area contributed by atoms with Gasteiger partial charge in [-0.2, -0.15) is 5.10 Å². The molecule has 0 aromatic rings. The normalized spacial score (nSPS) is 27.8. The molecule has 0 saturated heterocycles. The average Bonchev–Trinajstić information content (AvgIpc) is 2.93. The number of hydrazone groups is 1. The molecular weight excluding hydrogens is 359 g/mol. The lowest BCUT2D eigenvalue weighted by Gasteiger charge is -2.34. The van der Waals surface area contributed by atoms with Gasteiger partial charge in [0, 0.05) is 21.5 Å². The fraction of sp³-hybridized carbons (Fsp3) is 0.375. The first kappa shape index (κ1) is 16.6. The number of carboxylic acids is 1. The highest BCUT2D eigenvalue weighted by Gasteiger charge is 2.38. The minimum atomic E-state index is -0.994. The number of allylic oxidation sites excluding steroid dienone is 5. The molecule has 122 valence electrons. The number of carboxylic acid groups (broad SMARTS) is 1. The maximum Gasteiger partial charge on any atom is 0.352 e. The fourth-order valence-electron chi connectivity index (χ4n) is 3.01. The lowest BCUT2D eigenvalue weighted by atomic mass is 9.93. The maximum absolute atomic E-state index is 11.4. The van der Waals surface area contributed by atoms with Crippen LogP contribution >= 0.6 is 34.8 Å². The van der Waals surface area contributed by atoms with Gasteiger partial charge in [-0.05, 0) is 37.0 Å².